The molecule has 0 radical (unpaired) electrons. The van der Waals surface area contributed by atoms with Crippen LogP contribution in [0.25, 0.3) is 22.9 Å². The number of carbonyl (C=O) groups excluding carboxylic acids is 1. The van der Waals surface area contributed by atoms with Crippen LogP contribution in [-0.2, 0) is 13.2 Å². The number of hydrogen-bond donors (Lipinski definition) is 1. The molecule has 4 aromatic rings. The number of nitriles is 1. The number of rotatable bonds is 5. The number of halogens is 3. The maximum absolute atomic E-state index is 13.7. The van der Waals surface area contributed by atoms with Gasteiger partial charge in [0.2, 0.25) is 0 Å². The largest absolute Gasteiger partial charge is 0.416 e. The van der Waals surface area contributed by atoms with Crippen LogP contribution in [0.5, 0.6) is 0 Å². The fourth-order valence-electron chi connectivity index (χ4n) is 4.88. The highest BCUT2D eigenvalue weighted by Crippen LogP contribution is 2.31. The van der Waals surface area contributed by atoms with Gasteiger partial charge in [-0.3, -0.25) is 18.8 Å². The number of nitrogens with zero attached hydrogens (tertiary/aromatic N) is 5. The van der Waals surface area contributed by atoms with E-state index in [-0.39, 0.29) is 28.8 Å². The molecule has 1 aliphatic rings. The Morgan fingerprint density at radius 2 is 1.82 bits per heavy atom. The van der Waals surface area contributed by atoms with E-state index in [1.54, 1.807) is 35.0 Å². The average Bonchev–Trinajstić information content (AvgIpc) is 3.63. The second-order valence-corrected chi connectivity index (χ2v) is 9.15. The van der Waals surface area contributed by atoms with E-state index >= 15 is 0 Å². The van der Waals surface area contributed by atoms with E-state index in [4.69, 9.17) is 5.26 Å². The first kappa shape index (κ1) is 25.1. The molecule has 0 atom stereocenters. The zero-order chi connectivity index (χ0) is 27.0. The van der Waals surface area contributed by atoms with E-state index in [0.717, 1.165) is 42.5 Å². The number of nitrogens with one attached hydrogen (secondary N) is 1. The molecule has 2 aromatic heterocycles. The molecule has 194 valence electrons. The zero-order valence-electron chi connectivity index (χ0n) is 20.4. The van der Waals surface area contributed by atoms with Gasteiger partial charge in [0.15, 0.2) is 5.82 Å². The third-order valence-electron chi connectivity index (χ3n) is 6.73. The Labute approximate surface area is 215 Å². The van der Waals surface area contributed by atoms with Crippen molar-refractivity contribution < 1.29 is 18.0 Å². The van der Waals surface area contributed by atoms with Gasteiger partial charge < -0.3 is 5.32 Å². The SMILES string of the molecule is Cn1c(-c2nccn2-c2ccc(C#N)cc2)c(C(=O)NC2CCCC2)c(=O)n1-c1cccc(C(F)(F)F)c1. The van der Waals surface area contributed by atoms with Crippen molar-refractivity contribution in [1.29, 1.82) is 5.26 Å². The lowest BCUT2D eigenvalue weighted by Crippen LogP contribution is -2.36. The average molecular weight is 521 g/mol. The molecule has 2 heterocycles. The normalized spacial score (nSPS) is 14.0. The molecule has 1 fully saturated rings. The van der Waals surface area contributed by atoms with Gasteiger partial charge in [0.05, 0.1) is 22.9 Å². The summed E-state index contributed by atoms with van der Waals surface area (Å²) in [7, 11) is 1.50. The Hall–Kier alpha value is -4.59. The van der Waals surface area contributed by atoms with Gasteiger partial charge in [-0.25, -0.2) is 9.67 Å². The zero-order valence-corrected chi connectivity index (χ0v) is 20.4. The highest BCUT2D eigenvalue weighted by Gasteiger charge is 2.33. The summed E-state index contributed by atoms with van der Waals surface area (Å²) in [4.78, 5) is 31.7. The Bertz CT molecular complexity index is 1600. The lowest BCUT2D eigenvalue weighted by molar-refractivity contribution is -0.137. The summed E-state index contributed by atoms with van der Waals surface area (Å²) in [5.41, 5.74) is -0.694. The number of aromatic nitrogens is 4. The first-order valence-electron chi connectivity index (χ1n) is 12.0. The van der Waals surface area contributed by atoms with Crippen LogP contribution < -0.4 is 10.9 Å². The quantitative estimate of drug-likeness (QED) is 0.416. The summed E-state index contributed by atoms with van der Waals surface area (Å²) in [5.74, 6) is -0.357. The standard InChI is InChI=1S/C27H23F3N6O2/c1-34-23(24-32-13-14-35(24)20-11-9-17(16-31)10-12-20)22(25(37)33-19-6-2-3-7-19)26(38)36(34)21-8-4-5-18(15-21)27(28,29)30/h4-5,8-15,19H,2-3,6-7H2,1H3,(H,33,37). The van der Waals surface area contributed by atoms with Crippen LogP contribution in [0.2, 0.25) is 0 Å². The van der Waals surface area contributed by atoms with Crippen molar-refractivity contribution in [3.8, 4) is 29.0 Å². The summed E-state index contributed by atoms with van der Waals surface area (Å²) in [6.45, 7) is 0. The molecule has 0 bridgehead atoms. The Morgan fingerprint density at radius 1 is 1.11 bits per heavy atom. The van der Waals surface area contributed by atoms with Crippen molar-refractivity contribution in [3.63, 3.8) is 0 Å². The van der Waals surface area contributed by atoms with Gasteiger partial charge in [0, 0.05) is 31.2 Å². The molecule has 2 aromatic carbocycles. The van der Waals surface area contributed by atoms with Crippen molar-refractivity contribution >= 4 is 5.91 Å². The molecule has 0 saturated heterocycles. The summed E-state index contributed by atoms with van der Waals surface area (Å²) < 4.78 is 44.4. The number of carbonyl (C=O) groups is 1. The highest BCUT2D eigenvalue weighted by atomic mass is 19.4. The van der Waals surface area contributed by atoms with Crippen LogP contribution in [-0.4, -0.2) is 30.9 Å². The van der Waals surface area contributed by atoms with E-state index in [0.29, 0.717) is 11.3 Å². The Kier molecular flexibility index (Phi) is 6.40. The number of amides is 1. The molecule has 1 N–H and O–H groups in total. The van der Waals surface area contributed by atoms with E-state index < -0.39 is 23.2 Å². The predicted molar refractivity (Wildman–Crippen MR) is 133 cm³/mol. The first-order valence-corrected chi connectivity index (χ1v) is 12.0. The summed E-state index contributed by atoms with van der Waals surface area (Å²) in [5, 5.41) is 12.1. The number of imidazole rings is 1. The molecular weight excluding hydrogens is 497 g/mol. The van der Waals surface area contributed by atoms with Crippen LogP contribution in [0.3, 0.4) is 0 Å². The van der Waals surface area contributed by atoms with E-state index in [2.05, 4.69) is 16.4 Å². The summed E-state index contributed by atoms with van der Waals surface area (Å²) in [6, 6.07) is 13.0. The molecule has 1 amide bonds. The lowest BCUT2D eigenvalue weighted by atomic mass is 10.1. The highest BCUT2D eigenvalue weighted by molar-refractivity contribution is 5.99. The topological polar surface area (TPSA) is 97.6 Å². The summed E-state index contributed by atoms with van der Waals surface area (Å²) >= 11 is 0. The fourth-order valence-corrected chi connectivity index (χ4v) is 4.88. The number of alkyl halides is 3. The van der Waals surface area contributed by atoms with E-state index in [1.807, 2.05) is 0 Å². The van der Waals surface area contributed by atoms with Crippen molar-refractivity contribution in [2.45, 2.75) is 37.9 Å². The van der Waals surface area contributed by atoms with Crippen molar-refractivity contribution in [2.24, 2.45) is 7.05 Å². The maximum Gasteiger partial charge on any atom is 0.416 e. The van der Waals surface area contributed by atoms with Crippen LogP contribution in [0, 0.1) is 11.3 Å². The van der Waals surface area contributed by atoms with Gasteiger partial charge in [-0.1, -0.05) is 18.9 Å². The molecule has 38 heavy (non-hydrogen) atoms. The lowest BCUT2D eigenvalue weighted by Gasteiger charge is -2.14. The molecule has 1 saturated carbocycles. The molecule has 0 spiro atoms. The van der Waals surface area contributed by atoms with Gasteiger partial charge in [-0.15, -0.1) is 0 Å². The smallest absolute Gasteiger partial charge is 0.349 e. The molecule has 11 heteroatoms. The maximum atomic E-state index is 13.7. The molecule has 8 nitrogen and oxygen atoms in total. The first-order chi connectivity index (χ1) is 18.2. The molecular formula is C27H23F3N6O2. The van der Waals surface area contributed by atoms with Gasteiger partial charge in [-0.05, 0) is 55.3 Å². The fraction of sp³-hybridized carbons (Fsp3) is 0.259. The predicted octanol–water partition coefficient (Wildman–Crippen LogP) is 4.59. The van der Waals surface area contributed by atoms with Crippen molar-refractivity contribution in [3.05, 3.63) is 88.0 Å². The van der Waals surface area contributed by atoms with Crippen LogP contribution in [0.1, 0.15) is 47.2 Å². The molecule has 0 unspecified atom stereocenters. The minimum atomic E-state index is -4.61. The van der Waals surface area contributed by atoms with Gasteiger partial charge in [-0.2, -0.15) is 18.4 Å². The molecule has 1 aliphatic carbocycles. The Morgan fingerprint density at radius 3 is 2.47 bits per heavy atom. The van der Waals surface area contributed by atoms with Gasteiger partial charge >= 0.3 is 6.18 Å². The third kappa shape index (κ3) is 4.49. The van der Waals surface area contributed by atoms with E-state index in [9.17, 15) is 22.8 Å². The van der Waals surface area contributed by atoms with Crippen LogP contribution in [0.4, 0.5) is 13.2 Å². The third-order valence-corrected chi connectivity index (χ3v) is 6.73. The van der Waals surface area contributed by atoms with Crippen LogP contribution in [0.15, 0.2) is 65.7 Å². The number of benzene rings is 2. The van der Waals surface area contributed by atoms with Gasteiger partial charge in [0.1, 0.15) is 11.3 Å². The monoisotopic (exact) mass is 520 g/mol. The van der Waals surface area contributed by atoms with Crippen LogP contribution >= 0.6 is 0 Å². The molecule has 5 rings (SSSR count). The minimum Gasteiger partial charge on any atom is -0.349 e. The second kappa shape index (κ2) is 9.70. The summed E-state index contributed by atoms with van der Waals surface area (Å²) in [6.07, 6.45) is 2.03. The van der Waals surface area contributed by atoms with Gasteiger partial charge in [0.25, 0.3) is 11.5 Å². The number of hydrogen-bond acceptors (Lipinski definition) is 4. The van der Waals surface area contributed by atoms with Crippen molar-refractivity contribution in [2.75, 3.05) is 0 Å². The minimum absolute atomic E-state index is 0.0371. The van der Waals surface area contributed by atoms with Crippen molar-refractivity contribution in [1.82, 2.24) is 24.2 Å². The second-order valence-electron chi connectivity index (χ2n) is 9.15. The Balaban J connectivity index is 1.71. The molecule has 0 aliphatic heterocycles. The van der Waals surface area contributed by atoms with E-state index in [1.165, 1.54) is 30.1 Å².